The van der Waals surface area contributed by atoms with E-state index in [1.54, 1.807) is 30.6 Å². The van der Waals surface area contributed by atoms with Crippen LogP contribution in [0.2, 0.25) is 0 Å². The van der Waals surface area contributed by atoms with Gasteiger partial charge in [-0.2, -0.15) is 0 Å². The zero-order valence-corrected chi connectivity index (χ0v) is 8.17. The van der Waals surface area contributed by atoms with E-state index in [9.17, 15) is 4.79 Å². The second kappa shape index (κ2) is 3.22. The maximum absolute atomic E-state index is 11.6. The first kappa shape index (κ1) is 8.31. The van der Waals surface area contributed by atoms with E-state index in [1.807, 2.05) is 0 Å². The molecule has 4 heteroatoms. The van der Waals surface area contributed by atoms with Gasteiger partial charge < -0.3 is 9.40 Å². The maximum atomic E-state index is 11.6. The van der Waals surface area contributed by atoms with E-state index in [-0.39, 0.29) is 5.78 Å². The van der Waals surface area contributed by atoms with Gasteiger partial charge in [0.25, 0.3) is 0 Å². The fourth-order valence-corrected chi connectivity index (χ4v) is 1.35. The molecular formula is C9H6BrNO2. The van der Waals surface area contributed by atoms with Crippen LogP contribution in [0.25, 0.3) is 0 Å². The van der Waals surface area contributed by atoms with E-state index in [4.69, 9.17) is 4.42 Å². The van der Waals surface area contributed by atoms with Crippen molar-refractivity contribution in [2.24, 2.45) is 0 Å². The molecule has 0 saturated heterocycles. The number of halogens is 1. The number of hydrogen-bond donors (Lipinski definition) is 1. The summed E-state index contributed by atoms with van der Waals surface area (Å²) in [7, 11) is 0. The highest BCUT2D eigenvalue weighted by Crippen LogP contribution is 2.17. The molecule has 1 N–H and O–H groups in total. The lowest BCUT2D eigenvalue weighted by atomic mass is 10.2. The summed E-state index contributed by atoms with van der Waals surface area (Å²) >= 11 is 3.14. The summed E-state index contributed by atoms with van der Waals surface area (Å²) in [5.41, 5.74) is 0.599. The molecule has 0 spiro atoms. The number of furan rings is 1. The number of hydrogen-bond acceptors (Lipinski definition) is 2. The molecule has 0 amide bonds. The Kier molecular flexibility index (Phi) is 2.06. The number of ketones is 1. The normalized spacial score (nSPS) is 10.2. The Morgan fingerprint density at radius 2 is 2.23 bits per heavy atom. The molecular weight excluding hydrogens is 234 g/mol. The Morgan fingerprint density at radius 3 is 2.77 bits per heavy atom. The average Bonchev–Trinajstić information content (AvgIpc) is 2.72. The molecule has 3 nitrogen and oxygen atoms in total. The van der Waals surface area contributed by atoms with Crippen molar-refractivity contribution in [2.45, 2.75) is 0 Å². The number of carbonyl (C=O) groups is 1. The molecule has 0 aliphatic heterocycles. The molecule has 2 rings (SSSR count). The molecule has 13 heavy (non-hydrogen) atoms. The van der Waals surface area contributed by atoms with E-state index in [0.29, 0.717) is 16.0 Å². The summed E-state index contributed by atoms with van der Waals surface area (Å²) in [6.45, 7) is 0. The van der Waals surface area contributed by atoms with Crippen LogP contribution in [0.1, 0.15) is 16.1 Å². The highest BCUT2D eigenvalue weighted by atomic mass is 79.9. The molecule has 0 bridgehead atoms. The number of aromatic nitrogens is 1. The number of carbonyl (C=O) groups excluding carboxylic acids is 1. The second-order valence-electron chi connectivity index (χ2n) is 2.53. The lowest BCUT2D eigenvalue weighted by Gasteiger charge is -1.90. The number of aromatic amines is 1. The monoisotopic (exact) mass is 239 g/mol. The van der Waals surface area contributed by atoms with Gasteiger partial charge in [0.2, 0.25) is 5.78 Å². The topological polar surface area (TPSA) is 46.0 Å². The third-order valence-electron chi connectivity index (χ3n) is 1.66. The minimum Gasteiger partial charge on any atom is -0.446 e. The minimum atomic E-state index is -0.119. The minimum absolute atomic E-state index is 0.119. The van der Waals surface area contributed by atoms with E-state index in [0.717, 1.165) is 0 Å². The molecule has 0 saturated carbocycles. The maximum Gasteiger partial charge on any atom is 0.229 e. The number of nitrogens with one attached hydrogen (secondary N) is 1. The van der Waals surface area contributed by atoms with Crippen molar-refractivity contribution in [1.29, 1.82) is 0 Å². The molecule has 0 fully saturated rings. The zero-order chi connectivity index (χ0) is 9.26. The van der Waals surface area contributed by atoms with Crippen molar-refractivity contribution in [3.05, 3.63) is 46.6 Å². The third-order valence-corrected chi connectivity index (χ3v) is 2.08. The summed E-state index contributed by atoms with van der Waals surface area (Å²) < 4.78 is 5.68. The fraction of sp³-hybridized carbons (Fsp3) is 0. The summed E-state index contributed by atoms with van der Waals surface area (Å²) in [6.07, 6.45) is 3.34. The van der Waals surface area contributed by atoms with Gasteiger partial charge in [-0.1, -0.05) is 0 Å². The first-order valence-corrected chi connectivity index (χ1v) is 4.49. The predicted molar refractivity (Wildman–Crippen MR) is 50.6 cm³/mol. The molecule has 0 aliphatic rings. The molecule has 0 aliphatic carbocycles. The van der Waals surface area contributed by atoms with Gasteiger partial charge in [-0.3, -0.25) is 4.79 Å². The van der Waals surface area contributed by atoms with Crippen molar-refractivity contribution in [1.82, 2.24) is 4.98 Å². The van der Waals surface area contributed by atoms with Crippen LogP contribution >= 0.6 is 15.9 Å². The van der Waals surface area contributed by atoms with Crippen molar-refractivity contribution in [3.8, 4) is 0 Å². The highest BCUT2D eigenvalue weighted by Gasteiger charge is 2.12. The SMILES string of the molecule is O=C(c1cc[nH]c1)c1ccc(Br)o1. The summed E-state index contributed by atoms with van der Waals surface area (Å²) in [4.78, 5) is 14.4. The number of H-pyrrole nitrogens is 1. The van der Waals surface area contributed by atoms with Gasteiger partial charge >= 0.3 is 0 Å². The Balaban J connectivity index is 2.33. The smallest absolute Gasteiger partial charge is 0.229 e. The van der Waals surface area contributed by atoms with Crippen LogP contribution in [0.15, 0.2) is 39.7 Å². The van der Waals surface area contributed by atoms with Gasteiger partial charge in [-0.25, -0.2) is 0 Å². The Morgan fingerprint density at radius 1 is 1.38 bits per heavy atom. The van der Waals surface area contributed by atoms with Crippen LogP contribution < -0.4 is 0 Å². The molecule has 0 atom stereocenters. The molecule has 2 heterocycles. The summed E-state index contributed by atoms with van der Waals surface area (Å²) in [5.74, 6) is 0.221. The average molecular weight is 240 g/mol. The standard InChI is InChI=1S/C9H6BrNO2/c10-8-2-1-7(13-8)9(12)6-3-4-11-5-6/h1-5,11H. The Hall–Kier alpha value is -1.29. The molecule has 2 aromatic heterocycles. The number of rotatable bonds is 2. The van der Waals surface area contributed by atoms with Gasteiger partial charge in [0.1, 0.15) is 0 Å². The third kappa shape index (κ3) is 1.58. The van der Waals surface area contributed by atoms with E-state index >= 15 is 0 Å². The van der Waals surface area contributed by atoms with Gasteiger partial charge in [-0.05, 0) is 34.1 Å². The van der Waals surface area contributed by atoms with Crippen LogP contribution in [-0.2, 0) is 0 Å². The molecule has 66 valence electrons. The van der Waals surface area contributed by atoms with E-state index < -0.39 is 0 Å². The lowest BCUT2D eigenvalue weighted by molar-refractivity contribution is 0.101. The molecule has 0 unspecified atom stereocenters. The van der Waals surface area contributed by atoms with Gasteiger partial charge in [0.05, 0.1) is 0 Å². The Bertz CT molecular complexity index is 417. The highest BCUT2D eigenvalue weighted by molar-refractivity contribution is 9.10. The first-order valence-electron chi connectivity index (χ1n) is 3.70. The van der Waals surface area contributed by atoms with Crippen molar-refractivity contribution in [3.63, 3.8) is 0 Å². The van der Waals surface area contributed by atoms with E-state index in [2.05, 4.69) is 20.9 Å². The van der Waals surface area contributed by atoms with Gasteiger partial charge in [-0.15, -0.1) is 0 Å². The van der Waals surface area contributed by atoms with Crippen molar-refractivity contribution in [2.75, 3.05) is 0 Å². The van der Waals surface area contributed by atoms with Gasteiger partial charge in [0.15, 0.2) is 10.4 Å². The van der Waals surface area contributed by atoms with Crippen molar-refractivity contribution < 1.29 is 9.21 Å². The van der Waals surface area contributed by atoms with Gasteiger partial charge in [0, 0.05) is 18.0 Å². The largest absolute Gasteiger partial charge is 0.446 e. The fourth-order valence-electron chi connectivity index (χ4n) is 1.04. The molecule has 0 aromatic carbocycles. The van der Waals surface area contributed by atoms with Crippen LogP contribution in [0.3, 0.4) is 0 Å². The van der Waals surface area contributed by atoms with Crippen LogP contribution in [0, 0.1) is 0 Å². The Labute approximate surface area is 82.9 Å². The van der Waals surface area contributed by atoms with Crippen LogP contribution in [0.4, 0.5) is 0 Å². The first-order chi connectivity index (χ1) is 6.27. The van der Waals surface area contributed by atoms with E-state index in [1.165, 1.54) is 0 Å². The quantitative estimate of drug-likeness (QED) is 0.820. The van der Waals surface area contributed by atoms with Crippen molar-refractivity contribution >= 4 is 21.7 Å². The molecule has 0 radical (unpaired) electrons. The van der Waals surface area contributed by atoms with Crippen LogP contribution in [-0.4, -0.2) is 10.8 Å². The summed E-state index contributed by atoms with van der Waals surface area (Å²) in [6, 6.07) is 5.04. The zero-order valence-electron chi connectivity index (χ0n) is 6.58. The lowest BCUT2D eigenvalue weighted by Crippen LogP contribution is -1.96. The summed E-state index contributed by atoms with van der Waals surface area (Å²) in [5, 5.41) is 0. The predicted octanol–water partition coefficient (Wildman–Crippen LogP) is 2.60. The molecule has 2 aromatic rings. The van der Waals surface area contributed by atoms with Crippen LogP contribution in [0.5, 0.6) is 0 Å². The second-order valence-corrected chi connectivity index (χ2v) is 3.31.